The van der Waals surface area contributed by atoms with Crippen molar-refractivity contribution in [3.63, 3.8) is 0 Å². The first-order chi connectivity index (χ1) is 8.33. The first-order valence-corrected chi connectivity index (χ1v) is 6.10. The van der Waals surface area contributed by atoms with Gasteiger partial charge in [0.15, 0.2) is 6.29 Å². The van der Waals surface area contributed by atoms with Gasteiger partial charge in [-0.25, -0.2) is 0 Å². The van der Waals surface area contributed by atoms with Gasteiger partial charge in [0.1, 0.15) is 0 Å². The molecule has 1 aliphatic rings. The highest BCUT2D eigenvalue weighted by Crippen LogP contribution is 2.25. The van der Waals surface area contributed by atoms with Crippen LogP contribution in [-0.2, 0) is 9.59 Å². The second-order valence-electron chi connectivity index (χ2n) is 4.46. The number of carbonyl (C=O) groups excluding carboxylic acids is 2. The normalized spacial score (nSPS) is 21.8. The molecule has 1 N–H and O–H groups in total. The number of hydrogen-bond acceptors (Lipinski definition) is 3. The van der Waals surface area contributed by atoms with Gasteiger partial charge in [0.25, 0.3) is 0 Å². The van der Waals surface area contributed by atoms with E-state index in [4.69, 9.17) is 0 Å². The number of benzene rings is 1. The first kappa shape index (κ1) is 12.0. The molecule has 0 saturated carbocycles. The summed E-state index contributed by atoms with van der Waals surface area (Å²) in [6.07, 6.45) is 3.67. The van der Waals surface area contributed by atoms with Crippen LogP contribution in [0, 0.1) is 0 Å². The minimum atomic E-state index is -0.325. The molecule has 2 rings (SSSR count). The van der Waals surface area contributed by atoms with E-state index >= 15 is 0 Å². The van der Waals surface area contributed by atoms with Crippen molar-refractivity contribution in [3.05, 3.63) is 35.9 Å². The minimum absolute atomic E-state index is 0.101. The number of Topliss-reactive ketones (excluding diaryl/α,β-unsaturated/α-hetero) is 1. The van der Waals surface area contributed by atoms with Gasteiger partial charge in [-0.15, -0.1) is 0 Å². The van der Waals surface area contributed by atoms with Crippen molar-refractivity contribution in [1.82, 2.24) is 5.32 Å². The van der Waals surface area contributed by atoms with E-state index in [0.29, 0.717) is 6.29 Å². The highest BCUT2D eigenvalue weighted by Gasteiger charge is 2.30. The van der Waals surface area contributed by atoms with Crippen molar-refractivity contribution >= 4 is 12.1 Å². The zero-order valence-electron chi connectivity index (χ0n) is 9.76. The Balaban J connectivity index is 2.24. The van der Waals surface area contributed by atoms with Gasteiger partial charge >= 0.3 is 0 Å². The van der Waals surface area contributed by atoms with Crippen molar-refractivity contribution in [1.29, 1.82) is 0 Å². The predicted octanol–water partition coefficient (Wildman–Crippen LogP) is 1.68. The Kier molecular flexibility index (Phi) is 4.04. The van der Waals surface area contributed by atoms with Gasteiger partial charge in [0.2, 0.25) is 5.78 Å². The maximum absolute atomic E-state index is 11.8. The number of piperidine rings is 1. The van der Waals surface area contributed by atoms with E-state index in [1.165, 1.54) is 0 Å². The van der Waals surface area contributed by atoms with Crippen LogP contribution in [0.25, 0.3) is 0 Å². The largest absolute Gasteiger partial charge is 0.313 e. The quantitative estimate of drug-likeness (QED) is 0.633. The molecule has 0 amide bonds. The molecule has 1 aromatic rings. The number of hydrogen-bond donors (Lipinski definition) is 1. The molecule has 1 fully saturated rings. The molecule has 0 spiro atoms. The first-order valence-electron chi connectivity index (χ1n) is 6.10. The lowest BCUT2D eigenvalue weighted by atomic mass is 9.84. The van der Waals surface area contributed by atoms with Crippen LogP contribution in [0.1, 0.15) is 30.7 Å². The zero-order chi connectivity index (χ0) is 12.1. The summed E-state index contributed by atoms with van der Waals surface area (Å²) in [5, 5.41) is 3.35. The average Bonchev–Trinajstić information content (AvgIpc) is 2.41. The fraction of sp³-hybridized carbons (Fsp3) is 0.429. The Morgan fingerprint density at radius 1 is 1.29 bits per heavy atom. The van der Waals surface area contributed by atoms with Crippen molar-refractivity contribution in [2.24, 2.45) is 0 Å². The van der Waals surface area contributed by atoms with Crippen molar-refractivity contribution in [2.75, 3.05) is 6.54 Å². The molecular weight excluding hydrogens is 214 g/mol. The third kappa shape index (κ3) is 2.80. The minimum Gasteiger partial charge on any atom is -0.313 e. The molecule has 2 atom stereocenters. The molecule has 3 heteroatoms. The van der Waals surface area contributed by atoms with Crippen LogP contribution in [0.2, 0.25) is 0 Å². The molecule has 0 aromatic heterocycles. The summed E-state index contributed by atoms with van der Waals surface area (Å²) in [4.78, 5) is 22.6. The number of carbonyl (C=O) groups is 2. The van der Waals surface area contributed by atoms with Crippen LogP contribution in [0.4, 0.5) is 0 Å². The van der Waals surface area contributed by atoms with Crippen molar-refractivity contribution in [2.45, 2.75) is 31.2 Å². The summed E-state index contributed by atoms with van der Waals surface area (Å²) in [5.74, 6) is -0.649. The number of aldehydes is 1. The lowest BCUT2D eigenvalue weighted by Gasteiger charge is -2.29. The van der Waals surface area contributed by atoms with E-state index in [1.807, 2.05) is 30.3 Å². The summed E-state index contributed by atoms with van der Waals surface area (Å²) in [7, 11) is 0. The summed E-state index contributed by atoms with van der Waals surface area (Å²) >= 11 is 0. The predicted molar refractivity (Wildman–Crippen MR) is 65.9 cm³/mol. The topological polar surface area (TPSA) is 46.2 Å². The second-order valence-corrected chi connectivity index (χ2v) is 4.46. The fourth-order valence-electron chi connectivity index (χ4n) is 2.49. The van der Waals surface area contributed by atoms with Gasteiger partial charge in [0, 0.05) is 6.04 Å². The van der Waals surface area contributed by atoms with E-state index in [1.54, 1.807) is 0 Å². The molecule has 90 valence electrons. The smallest absolute Gasteiger partial charge is 0.204 e. The standard InChI is InChI=1S/C14H17NO2/c16-10-13(17)14(11-6-2-1-3-7-11)12-8-4-5-9-15-12/h1-3,6-7,10,12,14-15H,4-5,8-9H2/t12-,14-/m1/s1. The summed E-state index contributed by atoms with van der Waals surface area (Å²) in [6, 6.07) is 9.67. The van der Waals surface area contributed by atoms with Crippen LogP contribution in [0.3, 0.4) is 0 Å². The van der Waals surface area contributed by atoms with E-state index < -0.39 is 0 Å². The molecule has 0 radical (unpaired) electrons. The molecule has 3 nitrogen and oxygen atoms in total. The highest BCUT2D eigenvalue weighted by atomic mass is 16.2. The summed E-state index contributed by atoms with van der Waals surface area (Å²) < 4.78 is 0. The Morgan fingerprint density at radius 3 is 2.65 bits per heavy atom. The van der Waals surface area contributed by atoms with E-state index in [-0.39, 0.29) is 17.7 Å². The van der Waals surface area contributed by atoms with Gasteiger partial charge in [-0.2, -0.15) is 0 Å². The Labute approximate surface area is 101 Å². The van der Waals surface area contributed by atoms with Crippen LogP contribution >= 0.6 is 0 Å². The molecule has 1 aliphatic heterocycles. The lowest BCUT2D eigenvalue weighted by molar-refractivity contribution is -0.131. The monoisotopic (exact) mass is 231 g/mol. The Morgan fingerprint density at radius 2 is 2.06 bits per heavy atom. The molecule has 17 heavy (non-hydrogen) atoms. The average molecular weight is 231 g/mol. The number of nitrogens with one attached hydrogen (secondary N) is 1. The Bertz CT molecular complexity index is 382. The van der Waals surface area contributed by atoms with Gasteiger partial charge in [-0.1, -0.05) is 36.8 Å². The van der Waals surface area contributed by atoms with Crippen molar-refractivity contribution in [3.8, 4) is 0 Å². The van der Waals surface area contributed by atoms with Crippen LogP contribution in [0.15, 0.2) is 30.3 Å². The highest BCUT2D eigenvalue weighted by molar-refractivity contribution is 6.27. The molecule has 0 unspecified atom stereocenters. The molecule has 1 saturated heterocycles. The van der Waals surface area contributed by atoms with E-state index in [0.717, 1.165) is 31.4 Å². The number of rotatable bonds is 4. The molecular formula is C14H17NO2. The molecule has 0 aliphatic carbocycles. The SMILES string of the molecule is O=CC(=O)[C@H](c1ccccc1)[C@H]1CCCCN1. The van der Waals surface area contributed by atoms with Crippen LogP contribution < -0.4 is 5.32 Å². The third-order valence-electron chi connectivity index (χ3n) is 3.33. The van der Waals surface area contributed by atoms with Crippen molar-refractivity contribution < 1.29 is 9.59 Å². The van der Waals surface area contributed by atoms with Crippen LogP contribution in [0.5, 0.6) is 0 Å². The molecule has 1 aromatic carbocycles. The Hall–Kier alpha value is -1.48. The van der Waals surface area contributed by atoms with E-state index in [9.17, 15) is 9.59 Å². The lowest BCUT2D eigenvalue weighted by Crippen LogP contribution is -2.42. The van der Waals surface area contributed by atoms with Gasteiger partial charge in [-0.05, 0) is 24.9 Å². The zero-order valence-corrected chi connectivity index (χ0v) is 9.76. The number of ketones is 1. The van der Waals surface area contributed by atoms with E-state index in [2.05, 4.69) is 5.32 Å². The second kappa shape index (κ2) is 5.73. The third-order valence-corrected chi connectivity index (χ3v) is 3.33. The molecule has 0 bridgehead atoms. The maximum Gasteiger partial charge on any atom is 0.204 e. The summed E-state index contributed by atoms with van der Waals surface area (Å²) in [6.45, 7) is 0.931. The summed E-state index contributed by atoms with van der Waals surface area (Å²) in [5.41, 5.74) is 0.934. The maximum atomic E-state index is 11.8. The fourth-order valence-corrected chi connectivity index (χ4v) is 2.49. The van der Waals surface area contributed by atoms with Gasteiger partial charge in [0.05, 0.1) is 5.92 Å². The van der Waals surface area contributed by atoms with Crippen LogP contribution in [-0.4, -0.2) is 24.7 Å². The molecule has 1 heterocycles. The van der Waals surface area contributed by atoms with Gasteiger partial charge in [-0.3, -0.25) is 9.59 Å². The van der Waals surface area contributed by atoms with Gasteiger partial charge < -0.3 is 5.32 Å².